The molecule has 0 amide bonds. The molecular weight excluding hydrogens is 216 g/mol. The molecule has 0 bridgehead atoms. The topological polar surface area (TPSA) is 56.5 Å². The quantitative estimate of drug-likeness (QED) is 0.596. The van der Waals surface area contributed by atoms with E-state index in [1.54, 1.807) is 7.11 Å². The van der Waals surface area contributed by atoms with Crippen LogP contribution in [0, 0.1) is 5.92 Å². The predicted molar refractivity (Wildman–Crippen MR) is 66.2 cm³/mol. The number of hydrogen-bond donors (Lipinski definition) is 2. The first-order chi connectivity index (χ1) is 8.36. The van der Waals surface area contributed by atoms with Crippen LogP contribution < -0.4 is 11.3 Å². The van der Waals surface area contributed by atoms with E-state index >= 15 is 0 Å². The summed E-state index contributed by atoms with van der Waals surface area (Å²) in [4.78, 5) is 0. The molecule has 0 saturated carbocycles. The summed E-state index contributed by atoms with van der Waals surface area (Å²) in [6.45, 7) is 1.57. The van der Waals surface area contributed by atoms with Crippen LogP contribution in [0.1, 0.15) is 18.1 Å². The summed E-state index contributed by atoms with van der Waals surface area (Å²) in [5.74, 6) is 6.09. The van der Waals surface area contributed by atoms with Crippen LogP contribution in [-0.4, -0.2) is 26.4 Å². The largest absolute Gasteiger partial charge is 0.381 e. The van der Waals surface area contributed by atoms with Gasteiger partial charge in [-0.15, -0.1) is 0 Å². The third-order valence-electron chi connectivity index (χ3n) is 3.37. The maximum Gasteiger partial charge on any atom is 0.0991 e. The second kappa shape index (κ2) is 6.12. The molecule has 1 aliphatic rings. The fourth-order valence-corrected chi connectivity index (χ4v) is 2.44. The molecule has 1 heterocycles. The average Bonchev–Trinajstić information content (AvgIpc) is 2.90. The van der Waals surface area contributed by atoms with Crippen LogP contribution in [0.5, 0.6) is 0 Å². The summed E-state index contributed by atoms with van der Waals surface area (Å²) < 4.78 is 11.0. The SMILES string of the molecule is COC(c1ccccc1)C(NN)C1CCOC1. The van der Waals surface area contributed by atoms with Crippen molar-refractivity contribution in [2.75, 3.05) is 20.3 Å². The highest BCUT2D eigenvalue weighted by atomic mass is 16.5. The number of nitrogens with one attached hydrogen (secondary N) is 1. The van der Waals surface area contributed by atoms with Crippen LogP contribution in [0.25, 0.3) is 0 Å². The molecule has 2 rings (SSSR count). The summed E-state index contributed by atoms with van der Waals surface area (Å²) in [6.07, 6.45) is 0.995. The maximum absolute atomic E-state index is 5.68. The number of hydrogen-bond acceptors (Lipinski definition) is 4. The van der Waals surface area contributed by atoms with Crippen molar-refractivity contribution in [3.05, 3.63) is 35.9 Å². The van der Waals surface area contributed by atoms with Crippen LogP contribution in [-0.2, 0) is 9.47 Å². The number of hydrazine groups is 1. The Bertz CT molecular complexity index is 325. The lowest BCUT2D eigenvalue weighted by molar-refractivity contribution is 0.0428. The summed E-state index contributed by atoms with van der Waals surface area (Å²) in [5, 5.41) is 0. The van der Waals surface area contributed by atoms with Gasteiger partial charge in [-0.1, -0.05) is 30.3 Å². The van der Waals surface area contributed by atoms with Crippen LogP contribution in [0.3, 0.4) is 0 Å². The Morgan fingerprint density at radius 2 is 2.18 bits per heavy atom. The van der Waals surface area contributed by atoms with E-state index in [4.69, 9.17) is 15.3 Å². The van der Waals surface area contributed by atoms with Gasteiger partial charge in [0.2, 0.25) is 0 Å². The number of ether oxygens (including phenoxy) is 2. The number of benzene rings is 1. The van der Waals surface area contributed by atoms with Gasteiger partial charge in [0.15, 0.2) is 0 Å². The van der Waals surface area contributed by atoms with Crippen molar-refractivity contribution >= 4 is 0 Å². The Kier molecular flexibility index (Phi) is 4.50. The molecule has 0 aliphatic carbocycles. The first kappa shape index (κ1) is 12.5. The minimum absolute atomic E-state index is 0.0344. The van der Waals surface area contributed by atoms with Crippen LogP contribution in [0.15, 0.2) is 30.3 Å². The van der Waals surface area contributed by atoms with Gasteiger partial charge in [0.05, 0.1) is 18.8 Å². The normalized spacial score (nSPS) is 23.5. The van der Waals surface area contributed by atoms with Gasteiger partial charge >= 0.3 is 0 Å². The minimum atomic E-state index is -0.0344. The van der Waals surface area contributed by atoms with Gasteiger partial charge in [-0.25, -0.2) is 0 Å². The molecule has 0 radical (unpaired) electrons. The average molecular weight is 236 g/mol. The van der Waals surface area contributed by atoms with E-state index in [0.29, 0.717) is 5.92 Å². The molecule has 1 aromatic carbocycles. The molecule has 0 spiro atoms. The summed E-state index contributed by atoms with van der Waals surface area (Å²) in [6, 6.07) is 10.2. The molecule has 17 heavy (non-hydrogen) atoms. The van der Waals surface area contributed by atoms with Gasteiger partial charge in [0.1, 0.15) is 0 Å². The Hall–Kier alpha value is -0.940. The number of nitrogens with two attached hydrogens (primary N) is 1. The van der Waals surface area contributed by atoms with Gasteiger partial charge in [0.25, 0.3) is 0 Å². The van der Waals surface area contributed by atoms with Crippen molar-refractivity contribution in [3.63, 3.8) is 0 Å². The van der Waals surface area contributed by atoms with Crippen molar-refractivity contribution in [2.45, 2.75) is 18.6 Å². The van der Waals surface area contributed by atoms with Crippen LogP contribution in [0.4, 0.5) is 0 Å². The Morgan fingerprint density at radius 1 is 1.41 bits per heavy atom. The first-order valence-electron chi connectivity index (χ1n) is 5.98. The molecule has 1 saturated heterocycles. The minimum Gasteiger partial charge on any atom is -0.381 e. The van der Waals surface area contributed by atoms with Crippen molar-refractivity contribution in [1.29, 1.82) is 0 Å². The van der Waals surface area contributed by atoms with Crippen molar-refractivity contribution in [1.82, 2.24) is 5.43 Å². The first-order valence-corrected chi connectivity index (χ1v) is 5.98. The predicted octanol–water partition coefficient (Wildman–Crippen LogP) is 1.24. The maximum atomic E-state index is 5.68. The van der Waals surface area contributed by atoms with Gasteiger partial charge in [-0.2, -0.15) is 0 Å². The van der Waals surface area contributed by atoms with E-state index < -0.39 is 0 Å². The van der Waals surface area contributed by atoms with E-state index in [9.17, 15) is 0 Å². The second-order valence-corrected chi connectivity index (χ2v) is 4.38. The highest BCUT2D eigenvalue weighted by Gasteiger charge is 2.32. The van der Waals surface area contributed by atoms with Gasteiger partial charge < -0.3 is 9.47 Å². The molecule has 3 atom stereocenters. The van der Waals surface area contributed by atoms with Gasteiger partial charge in [-0.05, 0) is 12.0 Å². The Labute approximate surface area is 102 Å². The highest BCUT2D eigenvalue weighted by Crippen LogP contribution is 2.28. The summed E-state index contributed by atoms with van der Waals surface area (Å²) >= 11 is 0. The molecule has 1 fully saturated rings. The van der Waals surface area contributed by atoms with E-state index in [1.807, 2.05) is 18.2 Å². The van der Waals surface area contributed by atoms with Crippen LogP contribution >= 0.6 is 0 Å². The molecule has 3 N–H and O–H groups in total. The molecule has 1 aliphatic heterocycles. The fourth-order valence-electron chi connectivity index (χ4n) is 2.44. The summed E-state index contributed by atoms with van der Waals surface area (Å²) in [5.41, 5.74) is 4.03. The monoisotopic (exact) mass is 236 g/mol. The number of methoxy groups -OCH3 is 1. The number of rotatable bonds is 5. The van der Waals surface area contributed by atoms with E-state index in [-0.39, 0.29) is 12.1 Å². The highest BCUT2D eigenvalue weighted by molar-refractivity contribution is 5.19. The zero-order valence-electron chi connectivity index (χ0n) is 10.1. The molecule has 94 valence electrons. The van der Waals surface area contributed by atoms with E-state index in [1.165, 1.54) is 0 Å². The lowest BCUT2D eigenvalue weighted by Gasteiger charge is -2.29. The van der Waals surface area contributed by atoms with Gasteiger partial charge in [0, 0.05) is 19.6 Å². The van der Waals surface area contributed by atoms with E-state index in [0.717, 1.165) is 25.2 Å². The molecule has 3 unspecified atom stereocenters. The zero-order chi connectivity index (χ0) is 12.1. The zero-order valence-corrected chi connectivity index (χ0v) is 10.1. The van der Waals surface area contributed by atoms with Crippen molar-refractivity contribution in [3.8, 4) is 0 Å². The smallest absolute Gasteiger partial charge is 0.0991 e. The summed E-state index contributed by atoms with van der Waals surface area (Å²) in [7, 11) is 1.72. The van der Waals surface area contributed by atoms with Crippen molar-refractivity contribution in [2.24, 2.45) is 11.8 Å². The second-order valence-electron chi connectivity index (χ2n) is 4.38. The van der Waals surface area contributed by atoms with E-state index in [2.05, 4.69) is 17.6 Å². The van der Waals surface area contributed by atoms with Gasteiger partial charge in [-0.3, -0.25) is 11.3 Å². The molecule has 4 heteroatoms. The fraction of sp³-hybridized carbons (Fsp3) is 0.538. The molecular formula is C13H20N2O2. The third kappa shape index (κ3) is 2.84. The van der Waals surface area contributed by atoms with Crippen molar-refractivity contribution < 1.29 is 9.47 Å². The molecule has 4 nitrogen and oxygen atoms in total. The Balaban J connectivity index is 2.15. The lowest BCUT2D eigenvalue weighted by Crippen LogP contribution is -2.46. The lowest BCUT2D eigenvalue weighted by atomic mass is 9.91. The Morgan fingerprint density at radius 3 is 2.71 bits per heavy atom. The van der Waals surface area contributed by atoms with Crippen LogP contribution in [0.2, 0.25) is 0 Å². The third-order valence-corrected chi connectivity index (χ3v) is 3.37. The molecule has 0 aromatic heterocycles. The standard InChI is InChI=1S/C13H20N2O2/c1-16-13(10-5-3-2-4-6-10)12(15-14)11-7-8-17-9-11/h2-6,11-13,15H,7-9,14H2,1H3. The molecule has 1 aromatic rings.